The lowest BCUT2D eigenvalue weighted by Gasteiger charge is -2.19. The molecule has 0 fully saturated rings. The summed E-state index contributed by atoms with van der Waals surface area (Å²) in [7, 11) is 3.66. The summed E-state index contributed by atoms with van der Waals surface area (Å²) in [5, 5.41) is 4.14. The SMILES string of the molecule is CNC(CSc1ccccc1Cl)c1ccccc1OC. The van der Waals surface area contributed by atoms with E-state index in [1.807, 2.05) is 49.5 Å². The predicted molar refractivity (Wildman–Crippen MR) is 87.0 cm³/mol. The molecular weight excluding hydrogens is 290 g/mol. The molecule has 2 rings (SSSR count). The summed E-state index contributed by atoms with van der Waals surface area (Å²) in [5.41, 5.74) is 1.16. The lowest BCUT2D eigenvalue weighted by atomic mass is 10.1. The molecule has 2 aromatic rings. The molecule has 4 heteroatoms. The number of para-hydroxylation sites is 1. The molecule has 0 radical (unpaired) electrons. The van der Waals surface area contributed by atoms with Crippen molar-refractivity contribution >= 4 is 23.4 Å². The van der Waals surface area contributed by atoms with Gasteiger partial charge in [-0.05, 0) is 25.2 Å². The van der Waals surface area contributed by atoms with Crippen LogP contribution in [0, 0.1) is 0 Å². The van der Waals surface area contributed by atoms with E-state index in [0.717, 1.165) is 27.0 Å². The zero-order chi connectivity index (χ0) is 14.4. The first-order chi connectivity index (χ1) is 9.76. The normalized spacial score (nSPS) is 12.2. The zero-order valence-corrected chi connectivity index (χ0v) is 13.2. The number of thioether (sulfide) groups is 1. The minimum Gasteiger partial charge on any atom is -0.496 e. The molecule has 0 spiro atoms. The summed E-state index contributed by atoms with van der Waals surface area (Å²) >= 11 is 7.93. The molecule has 0 aliphatic rings. The summed E-state index contributed by atoms with van der Waals surface area (Å²) in [5.74, 6) is 1.80. The van der Waals surface area contributed by atoms with E-state index in [1.54, 1.807) is 18.9 Å². The van der Waals surface area contributed by atoms with E-state index >= 15 is 0 Å². The minimum absolute atomic E-state index is 0.215. The standard InChI is InChI=1S/C16H18ClNOS/c1-18-14(12-7-3-5-9-15(12)19-2)11-20-16-10-6-4-8-13(16)17/h3-10,14,18H,11H2,1-2H3. The van der Waals surface area contributed by atoms with Gasteiger partial charge in [0.05, 0.1) is 12.1 Å². The third-order valence-corrected chi connectivity index (χ3v) is 4.71. The maximum atomic E-state index is 6.19. The number of methoxy groups -OCH3 is 1. The Morgan fingerprint density at radius 2 is 1.85 bits per heavy atom. The van der Waals surface area contributed by atoms with Crippen molar-refractivity contribution in [2.24, 2.45) is 0 Å². The molecule has 0 aliphatic carbocycles. The maximum Gasteiger partial charge on any atom is 0.123 e. The van der Waals surface area contributed by atoms with Crippen LogP contribution in [0.2, 0.25) is 5.02 Å². The molecule has 2 aromatic carbocycles. The van der Waals surface area contributed by atoms with Crippen LogP contribution in [0.1, 0.15) is 11.6 Å². The van der Waals surface area contributed by atoms with Crippen molar-refractivity contribution in [2.75, 3.05) is 19.9 Å². The van der Waals surface area contributed by atoms with Gasteiger partial charge in [-0.15, -0.1) is 11.8 Å². The maximum absolute atomic E-state index is 6.19. The fourth-order valence-corrected chi connectivity index (χ4v) is 3.39. The van der Waals surface area contributed by atoms with Crippen LogP contribution in [0.25, 0.3) is 0 Å². The lowest BCUT2D eigenvalue weighted by molar-refractivity contribution is 0.404. The molecule has 1 unspecified atom stereocenters. The van der Waals surface area contributed by atoms with E-state index in [-0.39, 0.29) is 6.04 Å². The molecule has 106 valence electrons. The Labute approximate surface area is 129 Å². The number of hydrogen-bond acceptors (Lipinski definition) is 3. The van der Waals surface area contributed by atoms with Crippen LogP contribution in [0.5, 0.6) is 5.75 Å². The molecule has 0 heterocycles. The average molecular weight is 308 g/mol. The van der Waals surface area contributed by atoms with Gasteiger partial charge in [-0.25, -0.2) is 0 Å². The third kappa shape index (κ3) is 3.69. The highest BCUT2D eigenvalue weighted by atomic mass is 35.5. The van der Waals surface area contributed by atoms with E-state index in [4.69, 9.17) is 16.3 Å². The lowest BCUT2D eigenvalue weighted by Crippen LogP contribution is -2.19. The monoisotopic (exact) mass is 307 g/mol. The largest absolute Gasteiger partial charge is 0.496 e. The molecule has 0 bridgehead atoms. The molecule has 20 heavy (non-hydrogen) atoms. The molecule has 0 aromatic heterocycles. The number of nitrogens with one attached hydrogen (secondary N) is 1. The van der Waals surface area contributed by atoms with Gasteiger partial charge in [0, 0.05) is 22.3 Å². The van der Waals surface area contributed by atoms with Crippen LogP contribution < -0.4 is 10.1 Å². The van der Waals surface area contributed by atoms with Crippen LogP contribution >= 0.6 is 23.4 Å². The van der Waals surface area contributed by atoms with E-state index < -0.39 is 0 Å². The van der Waals surface area contributed by atoms with Crippen molar-refractivity contribution in [3.8, 4) is 5.75 Å². The summed E-state index contributed by atoms with van der Waals surface area (Å²) in [6, 6.07) is 16.2. The summed E-state index contributed by atoms with van der Waals surface area (Å²) < 4.78 is 5.43. The van der Waals surface area contributed by atoms with Gasteiger partial charge in [0.1, 0.15) is 5.75 Å². The predicted octanol–water partition coefficient (Wildman–Crippen LogP) is 4.40. The number of rotatable bonds is 6. The zero-order valence-electron chi connectivity index (χ0n) is 11.6. The Kier molecular flexibility index (Phi) is 5.77. The van der Waals surface area contributed by atoms with Gasteiger partial charge in [0.25, 0.3) is 0 Å². The Morgan fingerprint density at radius 1 is 1.15 bits per heavy atom. The number of halogens is 1. The van der Waals surface area contributed by atoms with E-state index in [9.17, 15) is 0 Å². The first-order valence-corrected chi connectivity index (χ1v) is 7.80. The highest BCUT2D eigenvalue weighted by Gasteiger charge is 2.14. The second-order valence-electron chi connectivity index (χ2n) is 4.32. The highest BCUT2D eigenvalue weighted by molar-refractivity contribution is 7.99. The van der Waals surface area contributed by atoms with Gasteiger partial charge < -0.3 is 10.1 Å². The number of hydrogen-bond donors (Lipinski definition) is 1. The van der Waals surface area contributed by atoms with Crippen molar-refractivity contribution in [3.63, 3.8) is 0 Å². The Balaban J connectivity index is 2.11. The van der Waals surface area contributed by atoms with Crippen molar-refractivity contribution in [2.45, 2.75) is 10.9 Å². The van der Waals surface area contributed by atoms with Crippen LogP contribution in [0.4, 0.5) is 0 Å². The minimum atomic E-state index is 0.215. The van der Waals surface area contributed by atoms with Gasteiger partial charge in [-0.2, -0.15) is 0 Å². The van der Waals surface area contributed by atoms with Gasteiger partial charge in [-0.3, -0.25) is 0 Å². The van der Waals surface area contributed by atoms with Crippen molar-refractivity contribution in [3.05, 3.63) is 59.1 Å². The first kappa shape index (κ1) is 15.2. The van der Waals surface area contributed by atoms with Gasteiger partial charge in [-0.1, -0.05) is 41.9 Å². The first-order valence-electron chi connectivity index (χ1n) is 6.43. The van der Waals surface area contributed by atoms with Crippen molar-refractivity contribution < 1.29 is 4.74 Å². The smallest absolute Gasteiger partial charge is 0.123 e. The molecule has 1 N–H and O–H groups in total. The second-order valence-corrected chi connectivity index (χ2v) is 5.79. The third-order valence-electron chi connectivity index (χ3n) is 3.10. The van der Waals surface area contributed by atoms with Crippen molar-refractivity contribution in [1.82, 2.24) is 5.32 Å². The Hall–Kier alpha value is -1.16. The molecule has 1 atom stereocenters. The molecule has 0 saturated carbocycles. The molecule has 0 aliphatic heterocycles. The quantitative estimate of drug-likeness (QED) is 0.799. The molecule has 0 amide bonds. The van der Waals surface area contributed by atoms with Crippen LogP contribution in [0.15, 0.2) is 53.4 Å². The summed E-state index contributed by atoms with van der Waals surface area (Å²) in [6.07, 6.45) is 0. The fourth-order valence-electron chi connectivity index (χ4n) is 2.02. The summed E-state index contributed by atoms with van der Waals surface area (Å²) in [6.45, 7) is 0. The number of benzene rings is 2. The second kappa shape index (κ2) is 7.58. The van der Waals surface area contributed by atoms with Gasteiger partial charge in [0.15, 0.2) is 0 Å². The van der Waals surface area contributed by atoms with E-state index in [0.29, 0.717) is 0 Å². The molecular formula is C16H18ClNOS. The Bertz CT molecular complexity index is 562. The fraction of sp³-hybridized carbons (Fsp3) is 0.250. The topological polar surface area (TPSA) is 21.3 Å². The van der Waals surface area contributed by atoms with Crippen LogP contribution in [-0.4, -0.2) is 19.9 Å². The van der Waals surface area contributed by atoms with Crippen LogP contribution in [-0.2, 0) is 0 Å². The highest BCUT2D eigenvalue weighted by Crippen LogP contribution is 2.32. The molecule has 2 nitrogen and oxygen atoms in total. The molecule has 0 saturated heterocycles. The average Bonchev–Trinajstić information content (AvgIpc) is 2.50. The van der Waals surface area contributed by atoms with Crippen LogP contribution in [0.3, 0.4) is 0 Å². The van der Waals surface area contributed by atoms with E-state index in [2.05, 4.69) is 11.4 Å². The summed E-state index contributed by atoms with van der Waals surface area (Å²) in [4.78, 5) is 1.10. The van der Waals surface area contributed by atoms with E-state index in [1.165, 1.54) is 0 Å². The van der Waals surface area contributed by atoms with Gasteiger partial charge in [0.2, 0.25) is 0 Å². The van der Waals surface area contributed by atoms with Crippen molar-refractivity contribution in [1.29, 1.82) is 0 Å². The number of ether oxygens (including phenoxy) is 1. The Morgan fingerprint density at radius 3 is 2.55 bits per heavy atom. The van der Waals surface area contributed by atoms with Gasteiger partial charge >= 0.3 is 0 Å².